The molecule has 0 atom stereocenters. The lowest BCUT2D eigenvalue weighted by Gasteiger charge is -2.05. The standard InChI is InChI=1S/C14H23NO4S/c1-11-13(9-10-18-20(2,16)17)15-14(19-11)8-7-12-5-3-4-6-12/h12H,3-10H2,1-2H3. The summed E-state index contributed by atoms with van der Waals surface area (Å²) in [5.41, 5.74) is 0.801. The van der Waals surface area contributed by atoms with Gasteiger partial charge in [-0.2, -0.15) is 8.42 Å². The van der Waals surface area contributed by atoms with Crippen LogP contribution in [0.25, 0.3) is 0 Å². The van der Waals surface area contributed by atoms with E-state index in [0.29, 0.717) is 6.42 Å². The predicted octanol–water partition coefficient (Wildman–Crippen LogP) is 2.62. The van der Waals surface area contributed by atoms with Crippen LogP contribution in [0.15, 0.2) is 4.42 Å². The molecular formula is C14H23NO4S. The fourth-order valence-corrected chi connectivity index (χ4v) is 3.13. The molecule has 1 aliphatic rings. The van der Waals surface area contributed by atoms with E-state index in [0.717, 1.165) is 42.4 Å². The van der Waals surface area contributed by atoms with Gasteiger partial charge in [-0.15, -0.1) is 0 Å². The fourth-order valence-electron chi connectivity index (χ4n) is 2.74. The molecule has 1 fully saturated rings. The van der Waals surface area contributed by atoms with Gasteiger partial charge in [0.05, 0.1) is 18.6 Å². The molecule has 2 rings (SSSR count). The molecule has 0 amide bonds. The van der Waals surface area contributed by atoms with Crippen molar-refractivity contribution in [2.24, 2.45) is 5.92 Å². The van der Waals surface area contributed by atoms with E-state index in [-0.39, 0.29) is 6.61 Å². The zero-order valence-electron chi connectivity index (χ0n) is 12.2. The van der Waals surface area contributed by atoms with Crippen LogP contribution in [0, 0.1) is 12.8 Å². The maximum absolute atomic E-state index is 10.9. The molecule has 0 aromatic carbocycles. The van der Waals surface area contributed by atoms with Crippen LogP contribution in [0.2, 0.25) is 0 Å². The van der Waals surface area contributed by atoms with E-state index in [4.69, 9.17) is 8.60 Å². The second kappa shape index (κ2) is 6.72. The third-order valence-corrected chi connectivity index (χ3v) is 4.41. The van der Waals surface area contributed by atoms with Crippen LogP contribution in [0.1, 0.15) is 49.4 Å². The predicted molar refractivity (Wildman–Crippen MR) is 76.0 cm³/mol. The van der Waals surface area contributed by atoms with Crippen molar-refractivity contribution in [1.29, 1.82) is 0 Å². The number of nitrogens with zero attached hydrogens (tertiary/aromatic N) is 1. The molecular weight excluding hydrogens is 278 g/mol. The summed E-state index contributed by atoms with van der Waals surface area (Å²) in [6, 6.07) is 0. The molecule has 0 aliphatic heterocycles. The highest BCUT2D eigenvalue weighted by atomic mass is 32.2. The second-order valence-electron chi connectivity index (χ2n) is 5.58. The highest BCUT2D eigenvalue weighted by Crippen LogP contribution is 2.28. The molecule has 6 heteroatoms. The van der Waals surface area contributed by atoms with Gasteiger partial charge in [-0.1, -0.05) is 25.7 Å². The summed E-state index contributed by atoms with van der Waals surface area (Å²) < 4.78 is 32.2. The number of aryl methyl sites for hydroxylation is 2. The minimum absolute atomic E-state index is 0.119. The van der Waals surface area contributed by atoms with Crippen molar-refractivity contribution in [1.82, 2.24) is 4.98 Å². The van der Waals surface area contributed by atoms with E-state index in [1.54, 1.807) is 0 Å². The second-order valence-corrected chi connectivity index (χ2v) is 7.22. The van der Waals surface area contributed by atoms with Gasteiger partial charge in [-0.3, -0.25) is 4.18 Å². The van der Waals surface area contributed by atoms with Gasteiger partial charge in [-0.05, 0) is 19.3 Å². The maximum atomic E-state index is 10.9. The van der Waals surface area contributed by atoms with E-state index in [1.807, 2.05) is 6.92 Å². The van der Waals surface area contributed by atoms with Crippen LogP contribution >= 0.6 is 0 Å². The molecule has 0 bridgehead atoms. The summed E-state index contributed by atoms with van der Waals surface area (Å²) in [5.74, 6) is 2.35. The Morgan fingerprint density at radius 2 is 2.00 bits per heavy atom. The van der Waals surface area contributed by atoms with E-state index in [9.17, 15) is 8.42 Å². The van der Waals surface area contributed by atoms with Gasteiger partial charge in [-0.25, -0.2) is 4.98 Å². The van der Waals surface area contributed by atoms with E-state index < -0.39 is 10.1 Å². The zero-order chi connectivity index (χ0) is 14.6. The molecule has 0 unspecified atom stereocenters. The molecule has 0 N–H and O–H groups in total. The van der Waals surface area contributed by atoms with Gasteiger partial charge in [0.25, 0.3) is 10.1 Å². The maximum Gasteiger partial charge on any atom is 0.264 e. The van der Waals surface area contributed by atoms with Gasteiger partial charge < -0.3 is 4.42 Å². The fraction of sp³-hybridized carbons (Fsp3) is 0.786. The first-order valence-electron chi connectivity index (χ1n) is 7.23. The minimum Gasteiger partial charge on any atom is -0.446 e. The van der Waals surface area contributed by atoms with Crippen molar-refractivity contribution in [3.63, 3.8) is 0 Å². The van der Waals surface area contributed by atoms with E-state index >= 15 is 0 Å². The molecule has 5 nitrogen and oxygen atoms in total. The Balaban J connectivity index is 1.81. The molecule has 114 valence electrons. The van der Waals surface area contributed by atoms with E-state index in [1.165, 1.54) is 25.7 Å². The van der Waals surface area contributed by atoms with Crippen molar-refractivity contribution < 1.29 is 17.0 Å². The molecule has 1 aliphatic carbocycles. The summed E-state index contributed by atoms with van der Waals surface area (Å²) >= 11 is 0. The van der Waals surface area contributed by atoms with Crippen molar-refractivity contribution in [2.45, 2.75) is 51.9 Å². The Kier molecular flexibility index (Phi) is 5.21. The van der Waals surface area contributed by atoms with Gasteiger partial charge in [0.1, 0.15) is 5.76 Å². The van der Waals surface area contributed by atoms with Crippen molar-refractivity contribution >= 4 is 10.1 Å². The first-order chi connectivity index (χ1) is 9.44. The molecule has 1 saturated carbocycles. The van der Waals surface area contributed by atoms with Crippen molar-refractivity contribution in [3.05, 3.63) is 17.3 Å². The first-order valence-corrected chi connectivity index (χ1v) is 9.05. The third kappa shape index (κ3) is 4.90. The number of rotatable bonds is 7. The van der Waals surface area contributed by atoms with Crippen LogP contribution in [0.5, 0.6) is 0 Å². The summed E-state index contributed by atoms with van der Waals surface area (Å²) in [6.45, 7) is 1.98. The van der Waals surface area contributed by atoms with Crippen LogP contribution in [-0.4, -0.2) is 26.3 Å². The summed E-state index contributed by atoms with van der Waals surface area (Å²) in [6.07, 6.45) is 8.88. The number of oxazole rings is 1. The van der Waals surface area contributed by atoms with Crippen LogP contribution in [-0.2, 0) is 27.1 Å². The summed E-state index contributed by atoms with van der Waals surface area (Å²) in [7, 11) is -3.38. The first kappa shape index (κ1) is 15.5. The third-order valence-electron chi connectivity index (χ3n) is 3.81. The monoisotopic (exact) mass is 301 g/mol. The largest absolute Gasteiger partial charge is 0.446 e. The molecule has 1 aromatic heterocycles. The number of hydrogen-bond donors (Lipinski definition) is 0. The normalized spacial score (nSPS) is 16.9. The highest BCUT2D eigenvalue weighted by molar-refractivity contribution is 7.85. The van der Waals surface area contributed by atoms with Crippen molar-refractivity contribution in [2.75, 3.05) is 12.9 Å². The molecule has 20 heavy (non-hydrogen) atoms. The quantitative estimate of drug-likeness (QED) is 0.724. The van der Waals surface area contributed by atoms with Crippen molar-refractivity contribution in [3.8, 4) is 0 Å². The lowest BCUT2D eigenvalue weighted by atomic mass is 10.0. The van der Waals surface area contributed by atoms with Gasteiger partial charge in [0.2, 0.25) is 0 Å². The lowest BCUT2D eigenvalue weighted by molar-refractivity contribution is 0.324. The Hall–Kier alpha value is -0.880. The zero-order valence-corrected chi connectivity index (χ0v) is 13.0. The molecule has 0 radical (unpaired) electrons. The Morgan fingerprint density at radius 3 is 2.65 bits per heavy atom. The SMILES string of the molecule is Cc1oc(CCC2CCCC2)nc1CCOS(C)(=O)=O. The van der Waals surface area contributed by atoms with Gasteiger partial charge >= 0.3 is 0 Å². The topological polar surface area (TPSA) is 69.4 Å². The molecule has 0 saturated heterocycles. The Morgan fingerprint density at radius 1 is 1.30 bits per heavy atom. The van der Waals surface area contributed by atoms with Crippen LogP contribution in [0.3, 0.4) is 0 Å². The minimum atomic E-state index is -3.38. The lowest BCUT2D eigenvalue weighted by Crippen LogP contribution is -2.07. The molecule has 1 aromatic rings. The Bertz CT molecular complexity index is 529. The smallest absolute Gasteiger partial charge is 0.264 e. The van der Waals surface area contributed by atoms with Crippen LogP contribution in [0.4, 0.5) is 0 Å². The molecule has 0 spiro atoms. The van der Waals surface area contributed by atoms with Crippen LogP contribution < -0.4 is 0 Å². The average molecular weight is 301 g/mol. The molecule has 1 heterocycles. The highest BCUT2D eigenvalue weighted by Gasteiger charge is 2.17. The number of hydrogen-bond acceptors (Lipinski definition) is 5. The van der Waals surface area contributed by atoms with Gasteiger partial charge in [0, 0.05) is 12.8 Å². The summed E-state index contributed by atoms with van der Waals surface area (Å²) in [5, 5.41) is 0. The number of aromatic nitrogens is 1. The summed E-state index contributed by atoms with van der Waals surface area (Å²) in [4.78, 5) is 4.45. The van der Waals surface area contributed by atoms with E-state index in [2.05, 4.69) is 4.98 Å². The average Bonchev–Trinajstić information content (AvgIpc) is 2.95. The Labute approximate surface area is 120 Å². The van der Waals surface area contributed by atoms with Gasteiger partial charge in [0.15, 0.2) is 5.89 Å².